The molecule has 1 aromatic rings. The summed E-state index contributed by atoms with van der Waals surface area (Å²) >= 11 is 0. The van der Waals surface area contributed by atoms with E-state index in [0.717, 1.165) is 11.1 Å². The second-order valence-electron chi connectivity index (χ2n) is 6.69. The second-order valence-corrected chi connectivity index (χ2v) is 6.69. The zero-order valence-corrected chi connectivity index (χ0v) is 15.0. The molecule has 132 valence electrons. The molecule has 0 radical (unpaired) electrons. The van der Waals surface area contributed by atoms with Crippen LogP contribution in [0.25, 0.3) is 0 Å². The molecule has 1 aliphatic heterocycles. The standard InChI is InChI=1S/C19H28N2O3/c1-13(2)20-19(23)16-9-10-17(22)21(11-12-24-4)18(16)15-8-6-5-7-14(15)3/h5-8,13,16,18H,9-12H2,1-4H3,(H,20,23)/t16-,18+/m1/s1. The number of methoxy groups -OCH3 is 1. The van der Waals surface area contributed by atoms with Crippen LogP contribution in [0, 0.1) is 12.8 Å². The summed E-state index contributed by atoms with van der Waals surface area (Å²) in [5.41, 5.74) is 2.15. The van der Waals surface area contributed by atoms with Crippen molar-refractivity contribution in [2.75, 3.05) is 20.3 Å². The molecule has 5 nitrogen and oxygen atoms in total. The van der Waals surface area contributed by atoms with Gasteiger partial charge in [0.15, 0.2) is 0 Å². The smallest absolute Gasteiger partial charge is 0.225 e. The van der Waals surface area contributed by atoms with Crippen LogP contribution >= 0.6 is 0 Å². The summed E-state index contributed by atoms with van der Waals surface area (Å²) in [7, 11) is 1.63. The number of rotatable bonds is 6. The molecule has 1 heterocycles. The van der Waals surface area contributed by atoms with E-state index >= 15 is 0 Å². The second kappa shape index (κ2) is 8.29. The zero-order chi connectivity index (χ0) is 17.7. The minimum absolute atomic E-state index is 0.0215. The average Bonchev–Trinajstić information content (AvgIpc) is 2.53. The first-order valence-corrected chi connectivity index (χ1v) is 8.60. The van der Waals surface area contributed by atoms with Gasteiger partial charge in [0.1, 0.15) is 0 Å². The van der Waals surface area contributed by atoms with E-state index in [0.29, 0.717) is 26.0 Å². The summed E-state index contributed by atoms with van der Waals surface area (Å²) in [5, 5.41) is 3.01. The van der Waals surface area contributed by atoms with Crippen LogP contribution in [-0.2, 0) is 14.3 Å². The summed E-state index contributed by atoms with van der Waals surface area (Å²) < 4.78 is 5.17. The van der Waals surface area contributed by atoms with Gasteiger partial charge in [-0.05, 0) is 38.3 Å². The Balaban J connectivity index is 2.39. The van der Waals surface area contributed by atoms with Crippen LogP contribution in [-0.4, -0.2) is 43.0 Å². The van der Waals surface area contributed by atoms with Crippen LogP contribution < -0.4 is 5.32 Å². The van der Waals surface area contributed by atoms with E-state index in [9.17, 15) is 9.59 Å². The lowest BCUT2D eigenvalue weighted by Gasteiger charge is -2.41. The van der Waals surface area contributed by atoms with Gasteiger partial charge in [-0.2, -0.15) is 0 Å². The molecule has 2 amide bonds. The zero-order valence-electron chi connectivity index (χ0n) is 15.0. The highest BCUT2D eigenvalue weighted by Gasteiger charge is 2.40. The van der Waals surface area contributed by atoms with Gasteiger partial charge >= 0.3 is 0 Å². The number of carbonyl (C=O) groups is 2. The van der Waals surface area contributed by atoms with Crippen molar-refractivity contribution in [3.8, 4) is 0 Å². The van der Waals surface area contributed by atoms with Gasteiger partial charge in [0.2, 0.25) is 11.8 Å². The third-order valence-corrected chi connectivity index (χ3v) is 4.52. The van der Waals surface area contributed by atoms with Crippen molar-refractivity contribution in [1.29, 1.82) is 0 Å². The third-order valence-electron chi connectivity index (χ3n) is 4.52. The minimum Gasteiger partial charge on any atom is -0.383 e. The quantitative estimate of drug-likeness (QED) is 0.870. The van der Waals surface area contributed by atoms with Gasteiger partial charge in [0.25, 0.3) is 0 Å². The van der Waals surface area contributed by atoms with Gasteiger partial charge in [-0.15, -0.1) is 0 Å². The molecule has 1 saturated heterocycles. The lowest BCUT2D eigenvalue weighted by molar-refractivity contribution is -0.144. The molecule has 2 rings (SSSR count). The van der Waals surface area contributed by atoms with E-state index in [4.69, 9.17) is 4.74 Å². The summed E-state index contributed by atoms with van der Waals surface area (Å²) in [5.74, 6) is -0.120. The number of hydrogen-bond acceptors (Lipinski definition) is 3. The number of aryl methyl sites for hydroxylation is 1. The van der Waals surface area contributed by atoms with Crippen molar-refractivity contribution in [2.45, 2.75) is 45.7 Å². The fraction of sp³-hybridized carbons (Fsp3) is 0.579. The maximum Gasteiger partial charge on any atom is 0.225 e. The highest BCUT2D eigenvalue weighted by atomic mass is 16.5. The number of likely N-dealkylation sites (tertiary alicyclic amines) is 1. The number of ether oxygens (including phenoxy) is 1. The van der Waals surface area contributed by atoms with Crippen LogP contribution in [0.1, 0.15) is 43.9 Å². The molecule has 1 aromatic carbocycles. The molecule has 0 aromatic heterocycles. The summed E-state index contributed by atoms with van der Waals surface area (Å²) in [6, 6.07) is 7.84. The fourth-order valence-electron chi connectivity index (χ4n) is 3.38. The Morgan fingerprint density at radius 1 is 1.38 bits per heavy atom. The lowest BCUT2D eigenvalue weighted by Crippen LogP contribution is -2.50. The highest BCUT2D eigenvalue weighted by Crippen LogP contribution is 2.38. The SMILES string of the molecule is COCCN1C(=O)CC[C@@H](C(=O)NC(C)C)[C@@H]1c1ccccc1C. The first-order valence-electron chi connectivity index (χ1n) is 8.60. The van der Waals surface area contributed by atoms with E-state index in [-0.39, 0.29) is 29.8 Å². The number of piperidine rings is 1. The van der Waals surface area contributed by atoms with Crippen molar-refractivity contribution in [1.82, 2.24) is 10.2 Å². The van der Waals surface area contributed by atoms with Crippen LogP contribution in [0.2, 0.25) is 0 Å². The van der Waals surface area contributed by atoms with E-state index in [1.54, 1.807) is 7.11 Å². The van der Waals surface area contributed by atoms with Crippen molar-refractivity contribution in [2.24, 2.45) is 5.92 Å². The monoisotopic (exact) mass is 332 g/mol. The Bertz CT molecular complexity index is 586. The molecule has 24 heavy (non-hydrogen) atoms. The minimum atomic E-state index is -0.235. The average molecular weight is 332 g/mol. The molecule has 0 unspecified atom stereocenters. The van der Waals surface area contributed by atoms with Gasteiger partial charge < -0.3 is 15.0 Å². The van der Waals surface area contributed by atoms with Crippen molar-refractivity contribution in [3.63, 3.8) is 0 Å². The Hall–Kier alpha value is -1.88. The molecule has 5 heteroatoms. The van der Waals surface area contributed by atoms with Gasteiger partial charge in [-0.25, -0.2) is 0 Å². The number of amides is 2. The maximum atomic E-state index is 12.7. The molecule has 0 bridgehead atoms. The van der Waals surface area contributed by atoms with Crippen molar-refractivity contribution >= 4 is 11.8 Å². The topological polar surface area (TPSA) is 58.6 Å². The van der Waals surface area contributed by atoms with Crippen LogP contribution in [0.5, 0.6) is 0 Å². The predicted octanol–water partition coefficient (Wildman–Crippen LogP) is 2.45. The third kappa shape index (κ3) is 4.15. The molecule has 1 fully saturated rings. The van der Waals surface area contributed by atoms with Gasteiger partial charge in [0.05, 0.1) is 18.6 Å². The predicted molar refractivity (Wildman–Crippen MR) is 93.5 cm³/mol. The van der Waals surface area contributed by atoms with Gasteiger partial charge in [-0.3, -0.25) is 9.59 Å². The van der Waals surface area contributed by atoms with E-state index in [2.05, 4.69) is 5.32 Å². The van der Waals surface area contributed by atoms with E-state index < -0.39 is 0 Å². The molecular weight excluding hydrogens is 304 g/mol. The Labute approximate surface area is 144 Å². The first kappa shape index (κ1) is 18.5. The molecule has 1 N–H and O–H groups in total. The van der Waals surface area contributed by atoms with E-state index in [1.807, 2.05) is 49.9 Å². The number of nitrogens with one attached hydrogen (secondary N) is 1. The number of nitrogens with zero attached hydrogens (tertiary/aromatic N) is 1. The molecule has 0 spiro atoms. The Morgan fingerprint density at radius 3 is 2.71 bits per heavy atom. The fourth-order valence-corrected chi connectivity index (χ4v) is 3.38. The largest absolute Gasteiger partial charge is 0.383 e. The number of benzene rings is 1. The van der Waals surface area contributed by atoms with Gasteiger partial charge in [0, 0.05) is 26.1 Å². The molecule has 0 aliphatic carbocycles. The normalized spacial score (nSPS) is 21.2. The van der Waals surface area contributed by atoms with Crippen LogP contribution in [0.4, 0.5) is 0 Å². The molecular formula is C19H28N2O3. The van der Waals surface area contributed by atoms with Crippen LogP contribution in [0.15, 0.2) is 24.3 Å². The van der Waals surface area contributed by atoms with Gasteiger partial charge in [-0.1, -0.05) is 24.3 Å². The van der Waals surface area contributed by atoms with Crippen molar-refractivity contribution < 1.29 is 14.3 Å². The van der Waals surface area contributed by atoms with Crippen LogP contribution in [0.3, 0.4) is 0 Å². The summed E-state index contributed by atoms with van der Waals surface area (Å²) in [6.07, 6.45) is 0.988. The number of carbonyl (C=O) groups excluding carboxylic acids is 2. The highest BCUT2D eigenvalue weighted by molar-refractivity contribution is 5.85. The first-order chi connectivity index (χ1) is 11.5. The van der Waals surface area contributed by atoms with E-state index in [1.165, 1.54) is 0 Å². The number of hydrogen-bond donors (Lipinski definition) is 1. The summed E-state index contributed by atoms with van der Waals surface area (Å²) in [4.78, 5) is 27.1. The summed E-state index contributed by atoms with van der Waals surface area (Å²) in [6.45, 7) is 6.90. The lowest BCUT2D eigenvalue weighted by atomic mass is 9.82. The Morgan fingerprint density at radius 2 is 2.08 bits per heavy atom. The molecule has 2 atom stereocenters. The molecule has 0 saturated carbocycles. The Kier molecular flexibility index (Phi) is 6.37. The molecule has 1 aliphatic rings. The van der Waals surface area contributed by atoms with Crippen molar-refractivity contribution in [3.05, 3.63) is 35.4 Å². The maximum absolute atomic E-state index is 12.7.